The first-order valence-corrected chi connectivity index (χ1v) is 8.83. The number of hydrogen-bond acceptors (Lipinski definition) is 5. The summed E-state index contributed by atoms with van der Waals surface area (Å²) in [6, 6.07) is -1.56. The highest BCUT2D eigenvalue weighted by molar-refractivity contribution is 5.94. The molecule has 0 radical (unpaired) electrons. The molecule has 2 rings (SSSR count). The van der Waals surface area contributed by atoms with E-state index >= 15 is 0 Å². The largest absolute Gasteiger partial charge is 0.444 e. The Morgan fingerprint density at radius 2 is 1.88 bits per heavy atom. The Morgan fingerprint density at radius 3 is 2.44 bits per heavy atom. The Hall–Kier alpha value is -2.12. The van der Waals surface area contributed by atoms with E-state index in [4.69, 9.17) is 10.5 Å². The standard InChI is InChI=1S/C17H28N4O4/c1-17(2,3)25-16(24)20-13(11-7-5-4-6-8-11)15(23)21-12(14(18)22)9-10-19-21/h10-13H,4-9H2,1-3H3,(H2,18,22)(H,20,24)/t12-,13-/m0/s1. The first-order chi connectivity index (χ1) is 11.7. The van der Waals surface area contributed by atoms with E-state index in [9.17, 15) is 14.4 Å². The van der Waals surface area contributed by atoms with Crippen LogP contribution in [0.25, 0.3) is 0 Å². The molecular formula is C17H28N4O4. The summed E-state index contributed by atoms with van der Waals surface area (Å²) in [5, 5.41) is 7.81. The number of amides is 3. The first-order valence-electron chi connectivity index (χ1n) is 8.83. The summed E-state index contributed by atoms with van der Waals surface area (Å²) in [6.45, 7) is 5.29. The number of primary amides is 1. The maximum absolute atomic E-state index is 13.0. The Bertz CT molecular complexity index is 549. The van der Waals surface area contributed by atoms with Crippen LogP contribution in [0.5, 0.6) is 0 Å². The lowest BCUT2D eigenvalue weighted by atomic mass is 9.83. The molecule has 8 nitrogen and oxygen atoms in total. The van der Waals surface area contributed by atoms with E-state index in [1.54, 1.807) is 20.8 Å². The molecule has 0 unspecified atom stereocenters. The number of nitrogens with two attached hydrogens (primary N) is 1. The Kier molecular flexibility index (Phi) is 6.02. The second-order valence-electron chi connectivity index (χ2n) is 7.66. The van der Waals surface area contributed by atoms with Crippen molar-refractivity contribution in [1.82, 2.24) is 10.3 Å². The zero-order chi connectivity index (χ0) is 18.6. The van der Waals surface area contributed by atoms with Crippen LogP contribution in [-0.4, -0.2) is 46.8 Å². The molecule has 25 heavy (non-hydrogen) atoms. The maximum Gasteiger partial charge on any atom is 0.408 e. The molecule has 0 aromatic rings. The lowest BCUT2D eigenvalue weighted by Gasteiger charge is -2.33. The van der Waals surface area contributed by atoms with Crippen LogP contribution in [0.4, 0.5) is 4.79 Å². The third-order valence-electron chi connectivity index (χ3n) is 4.44. The second-order valence-corrected chi connectivity index (χ2v) is 7.66. The van der Waals surface area contributed by atoms with Crippen molar-refractivity contribution < 1.29 is 19.1 Å². The molecule has 0 aromatic heterocycles. The first kappa shape index (κ1) is 19.2. The number of nitrogens with one attached hydrogen (secondary N) is 1. The highest BCUT2D eigenvalue weighted by Crippen LogP contribution is 2.28. The average molecular weight is 352 g/mol. The van der Waals surface area contributed by atoms with Crippen molar-refractivity contribution in [3.8, 4) is 0 Å². The van der Waals surface area contributed by atoms with Gasteiger partial charge < -0.3 is 15.8 Å². The Morgan fingerprint density at radius 1 is 1.24 bits per heavy atom. The molecule has 8 heteroatoms. The molecule has 2 atom stereocenters. The van der Waals surface area contributed by atoms with E-state index in [1.807, 2.05) is 0 Å². The predicted molar refractivity (Wildman–Crippen MR) is 92.7 cm³/mol. The van der Waals surface area contributed by atoms with Gasteiger partial charge in [0.05, 0.1) is 0 Å². The molecule has 0 bridgehead atoms. The van der Waals surface area contributed by atoms with E-state index in [0.717, 1.165) is 37.1 Å². The molecule has 1 saturated carbocycles. The number of hydrogen-bond donors (Lipinski definition) is 2. The fourth-order valence-electron chi connectivity index (χ4n) is 3.29. The molecular weight excluding hydrogens is 324 g/mol. The van der Waals surface area contributed by atoms with E-state index < -0.39 is 35.6 Å². The molecule has 3 amide bonds. The molecule has 1 heterocycles. The van der Waals surface area contributed by atoms with Gasteiger partial charge in [-0.3, -0.25) is 9.59 Å². The zero-order valence-electron chi connectivity index (χ0n) is 15.2. The fraction of sp³-hybridized carbons (Fsp3) is 0.765. The molecule has 140 valence electrons. The van der Waals surface area contributed by atoms with Crippen LogP contribution < -0.4 is 11.1 Å². The van der Waals surface area contributed by atoms with E-state index in [-0.39, 0.29) is 5.92 Å². The number of nitrogens with zero attached hydrogens (tertiary/aromatic N) is 2. The second kappa shape index (κ2) is 7.84. The van der Waals surface area contributed by atoms with Gasteiger partial charge in [-0.2, -0.15) is 5.10 Å². The maximum atomic E-state index is 13.0. The van der Waals surface area contributed by atoms with Crippen molar-refractivity contribution in [3.05, 3.63) is 0 Å². The molecule has 3 N–H and O–H groups in total. The van der Waals surface area contributed by atoms with Crippen molar-refractivity contribution >= 4 is 24.1 Å². The zero-order valence-corrected chi connectivity index (χ0v) is 15.2. The minimum atomic E-state index is -0.793. The summed E-state index contributed by atoms with van der Waals surface area (Å²) in [5.74, 6) is -1.01. The fourth-order valence-corrected chi connectivity index (χ4v) is 3.29. The summed E-state index contributed by atoms with van der Waals surface area (Å²) in [5.41, 5.74) is 4.70. The van der Waals surface area contributed by atoms with Gasteiger partial charge in [-0.25, -0.2) is 9.80 Å². The van der Waals surface area contributed by atoms with Crippen LogP contribution in [0.2, 0.25) is 0 Å². The summed E-state index contributed by atoms with van der Waals surface area (Å²) >= 11 is 0. The van der Waals surface area contributed by atoms with Gasteiger partial charge in [-0.1, -0.05) is 19.3 Å². The quantitative estimate of drug-likeness (QED) is 0.798. The van der Waals surface area contributed by atoms with E-state index in [1.165, 1.54) is 6.21 Å². The lowest BCUT2D eigenvalue weighted by molar-refractivity contribution is -0.141. The normalized spacial score (nSPS) is 22.5. The van der Waals surface area contributed by atoms with Gasteiger partial charge in [0.15, 0.2) is 0 Å². The SMILES string of the molecule is CC(C)(C)OC(=O)N[C@H](C(=O)N1N=CC[C@H]1C(N)=O)C1CCCCC1. The summed E-state index contributed by atoms with van der Waals surface area (Å²) in [6.07, 6.45) is 5.96. The van der Waals surface area contributed by atoms with Gasteiger partial charge in [0, 0.05) is 12.6 Å². The van der Waals surface area contributed by atoms with Crippen LogP contribution >= 0.6 is 0 Å². The van der Waals surface area contributed by atoms with Gasteiger partial charge in [0.2, 0.25) is 5.91 Å². The van der Waals surface area contributed by atoms with Gasteiger partial charge in [0.1, 0.15) is 17.7 Å². The summed E-state index contributed by atoms with van der Waals surface area (Å²) in [4.78, 5) is 36.8. The van der Waals surface area contributed by atoms with Crippen LogP contribution in [0, 0.1) is 5.92 Å². The van der Waals surface area contributed by atoms with Gasteiger partial charge >= 0.3 is 6.09 Å². The number of alkyl carbamates (subject to hydrolysis) is 1. The smallest absolute Gasteiger partial charge is 0.408 e. The molecule has 1 fully saturated rings. The third kappa shape index (κ3) is 5.17. The van der Waals surface area contributed by atoms with Crippen molar-refractivity contribution in [1.29, 1.82) is 0 Å². The minimum absolute atomic E-state index is 0.00176. The molecule has 1 aliphatic carbocycles. The molecule has 0 spiro atoms. The van der Waals surface area contributed by atoms with Crippen molar-refractivity contribution in [2.24, 2.45) is 16.8 Å². The highest BCUT2D eigenvalue weighted by Gasteiger charge is 2.40. The summed E-state index contributed by atoms with van der Waals surface area (Å²) in [7, 11) is 0. The number of rotatable bonds is 4. The molecule has 0 saturated heterocycles. The van der Waals surface area contributed by atoms with E-state index in [2.05, 4.69) is 10.4 Å². The third-order valence-corrected chi connectivity index (χ3v) is 4.44. The van der Waals surface area contributed by atoms with Gasteiger partial charge in [-0.05, 0) is 39.5 Å². The van der Waals surface area contributed by atoms with Crippen LogP contribution in [0.1, 0.15) is 59.3 Å². The van der Waals surface area contributed by atoms with Crippen LogP contribution in [0.15, 0.2) is 5.10 Å². The summed E-state index contributed by atoms with van der Waals surface area (Å²) < 4.78 is 5.30. The highest BCUT2D eigenvalue weighted by atomic mass is 16.6. The van der Waals surface area contributed by atoms with E-state index in [0.29, 0.717) is 6.42 Å². The number of ether oxygens (including phenoxy) is 1. The van der Waals surface area contributed by atoms with Gasteiger partial charge in [-0.15, -0.1) is 0 Å². The molecule has 0 aromatic carbocycles. The average Bonchev–Trinajstić information content (AvgIpc) is 3.01. The molecule has 2 aliphatic rings. The van der Waals surface area contributed by atoms with Crippen molar-refractivity contribution in [3.63, 3.8) is 0 Å². The predicted octanol–water partition coefficient (Wildman–Crippen LogP) is 1.53. The molecule has 1 aliphatic heterocycles. The lowest BCUT2D eigenvalue weighted by Crippen LogP contribution is -2.55. The van der Waals surface area contributed by atoms with Gasteiger partial charge in [0.25, 0.3) is 5.91 Å². The van der Waals surface area contributed by atoms with Crippen LogP contribution in [0.3, 0.4) is 0 Å². The van der Waals surface area contributed by atoms with Crippen LogP contribution in [-0.2, 0) is 14.3 Å². The monoisotopic (exact) mass is 352 g/mol. The number of carbonyl (C=O) groups excluding carboxylic acids is 3. The number of hydrazone groups is 1. The topological polar surface area (TPSA) is 114 Å². The number of carbonyl (C=O) groups is 3. The van der Waals surface area contributed by atoms with Crippen molar-refractivity contribution in [2.45, 2.75) is 77.0 Å². The Labute approximate surface area is 148 Å². The Balaban J connectivity index is 2.15. The van der Waals surface area contributed by atoms with Crippen molar-refractivity contribution in [2.75, 3.05) is 0 Å². The minimum Gasteiger partial charge on any atom is -0.444 e.